The van der Waals surface area contributed by atoms with Crippen LogP contribution in [-0.4, -0.2) is 26.0 Å². The van der Waals surface area contributed by atoms with Crippen molar-refractivity contribution in [2.45, 2.75) is 52.7 Å². The first-order valence-electron chi connectivity index (χ1n) is 6.09. The number of hydrogen-bond donors (Lipinski definition) is 1. The molecule has 1 saturated carbocycles. The second-order valence-corrected chi connectivity index (χ2v) is 5.47. The van der Waals surface area contributed by atoms with Gasteiger partial charge in [0.1, 0.15) is 12.2 Å². The maximum atomic E-state index is 10.1. The van der Waals surface area contributed by atoms with Gasteiger partial charge in [-0.2, -0.15) is 5.10 Å². The molecule has 0 spiro atoms. The summed E-state index contributed by atoms with van der Waals surface area (Å²) in [6.07, 6.45) is 4.11. The second kappa shape index (κ2) is 4.17. The molecule has 0 aromatic carbocycles. The van der Waals surface area contributed by atoms with Crippen molar-refractivity contribution < 1.29 is 5.11 Å². The van der Waals surface area contributed by atoms with Gasteiger partial charge in [0, 0.05) is 13.0 Å². The number of hydrogen-bond acceptors (Lipinski definition) is 3. The van der Waals surface area contributed by atoms with Gasteiger partial charge in [-0.3, -0.25) is 4.68 Å². The van der Waals surface area contributed by atoms with E-state index in [1.807, 2.05) is 4.68 Å². The summed E-state index contributed by atoms with van der Waals surface area (Å²) in [5.74, 6) is 1.34. The Labute approximate surface area is 96.7 Å². The first-order chi connectivity index (χ1) is 7.54. The Kier molecular flexibility index (Phi) is 3.02. The summed E-state index contributed by atoms with van der Waals surface area (Å²) < 4.78 is 1.90. The smallest absolute Gasteiger partial charge is 0.138 e. The van der Waals surface area contributed by atoms with Gasteiger partial charge in [0.25, 0.3) is 0 Å². The van der Waals surface area contributed by atoms with Gasteiger partial charge >= 0.3 is 0 Å². The molecule has 16 heavy (non-hydrogen) atoms. The lowest BCUT2D eigenvalue weighted by molar-refractivity contribution is 0.133. The molecule has 1 aliphatic rings. The highest BCUT2D eigenvalue weighted by atomic mass is 16.3. The predicted molar refractivity (Wildman–Crippen MR) is 61.9 cm³/mol. The van der Waals surface area contributed by atoms with E-state index in [1.54, 1.807) is 6.33 Å². The Morgan fingerprint density at radius 3 is 2.88 bits per heavy atom. The molecule has 1 aromatic rings. The molecule has 0 radical (unpaired) electrons. The SMILES string of the molecule is CCCn1ncnc1CC(O)C1CC1(C)C. The highest BCUT2D eigenvalue weighted by Crippen LogP contribution is 2.53. The zero-order chi connectivity index (χ0) is 11.8. The molecule has 1 N–H and O–H groups in total. The summed E-state index contributed by atoms with van der Waals surface area (Å²) in [6, 6.07) is 0. The minimum absolute atomic E-state index is 0.269. The highest BCUT2D eigenvalue weighted by molar-refractivity contribution is 5.02. The van der Waals surface area contributed by atoms with Crippen LogP contribution in [0.25, 0.3) is 0 Å². The Balaban J connectivity index is 1.96. The zero-order valence-corrected chi connectivity index (χ0v) is 10.3. The summed E-state index contributed by atoms with van der Waals surface area (Å²) in [6.45, 7) is 7.41. The van der Waals surface area contributed by atoms with E-state index in [-0.39, 0.29) is 6.10 Å². The highest BCUT2D eigenvalue weighted by Gasteiger charge is 2.49. The third-order valence-electron chi connectivity index (χ3n) is 3.58. The molecular weight excluding hydrogens is 202 g/mol. The fourth-order valence-electron chi connectivity index (χ4n) is 2.34. The van der Waals surface area contributed by atoms with E-state index in [1.165, 1.54) is 0 Å². The van der Waals surface area contributed by atoms with Crippen LogP contribution >= 0.6 is 0 Å². The summed E-state index contributed by atoms with van der Waals surface area (Å²) in [7, 11) is 0. The van der Waals surface area contributed by atoms with Crippen molar-refractivity contribution in [3.05, 3.63) is 12.2 Å². The first-order valence-corrected chi connectivity index (χ1v) is 6.09. The molecule has 4 heteroatoms. The number of aryl methyl sites for hydroxylation is 1. The molecule has 1 aliphatic carbocycles. The lowest BCUT2D eigenvalue weighted by Crippen LogP contribution is -2.19. The molecule has 0 aliphatic heterocycles. The minimum atomic E-state index is -0.269. The Hall–Kier alpha value is -0.900. The number of aromatic nitrogens is 3. The molecule has 0 saturated heterocycles. The maximum absolute atomic E-state index is 10.1. The van der Waals surface area contributed by atoms with E-state index in [4.69, 9.17) is 0 Å². The van der Waals surface area contributed by atoms with Crippen molar-refractivity contribution in [3.8, 4) is 0 Å². The van der Waals surface area contributed by atoms with Crippen molar-refractivity contribution in [1.29, 1.82) is 0 Å². The van der Waals surface area contributed by atoms with E-state index >= 15 is 0 Å². The molecule has 90 valence electrons. The van der Waals surface area contributed by atoms with Crippen LogP contribution < -0.4 is 0 Å². The first kappa shape index (κ1) is 11.6. The summed E-state index contributed by atoms with van der Waals surface area (Å²) >= 11 is 0. The molecule has 2 atom stereocenters. The van der Waals surface area contributed by atoms with E-state index in [9.17, 15) is 5.11 Å². The van der Waals surface area contributed by atoms with Gasteiger partial charge in [-0.05, 0) is 24.2 Å². The fraction of sp³-hybridized carbons (Fsp3) is 0.833. The van der Waals surface area contributed by atoms with Crippen LogP contribution in [0.1, 0.15) is 39.4 Å². The normalized spacial score (nSPS) is 24.4. The van der Waals surface area contributed by atoms with Crippen LogP contribution in [0.4, 0.5) is 0 Å². The molecule has 1 fully saturated rings. The lowest BCUT2D eigenvalue weighted by Gasteiger charge is -2.12. The van der Waals surface area contributed by atoms with Crippen LogP contribution in [0.3, 0.4) is 0 Å². The Morgan fingerprint density at radius 2 is 2.31 bits per heavy atom. The van der Waals surface area contributed by atoms with Crippen LogP contribution in [-0.2, 0) is 13.0 Å². The van der Waals surface area contributed by atoms with Crippen molar-refractivity contribution in [1.82, 2.24) is 14.8 Å². The van der Waals surface area contributed by atoms with E-state index in [2.05, 4.69) is 30.9 Å². The lowest BCUT2D eigenvalue weighted by atomic mass is 10.0. The molecule has 0 bridgehead atoms. The fourth-order valence-corrected chi connectivity index (χ4v) is 2.34. The number of aliphatic hydroxyl groups is 1. The predicted octanol–water partition coefficient (Wildman–Crippen LogP) is 1.64. The van der Waals surface area contributed by atoms with Gasteiger partial charge in [0.15, 0.2) is 0 Å². The van der Waals surface area contributed by atoms with E-state index in [0.717, 1.165) is 25.2 Å². The third kappa shape index (κ3) is 2.26. The van der Waals surface area contributed by atoms with Crippen molar-refractivity contribution in [2.75, 3.05) is 0 Å². The molecule has 4 nitrogen and oxygen atoms in total. The number of nitrogens with zero attached hydrogens (tertiary/aromatic N) is 3. The van der Waals surface area contributed by atoms with Crippen LogP contribution in [0.2, 0.25) is 0 Å². The molecule has 2 rings (SSSR count). The van der Waals surface area contributed by atoms with Crippen molar-refractivity contribution >= 4 is 0 Å². The van der Waals surface area contributed by atoms with Crippen LogP contribution in [0.5, 0.6) is 0 Å². The monoisotopic (exact) mass is 223 g/mol. The Bertz CT molecular complexity index is 359. The molecule has 1 aromatic heterocycles. The summed E-state index contributed by atoms with van der Waals surface area (Å²) in [4.78, 5) is 4.22. The van der Waals surface area contributed by atoms with Crippen molar-refractivity contribution in [3.63, 3.8) is 0 Å². The van der Waals surface area contributed by atoms with Crippen LogP contribution in [0.15, 0.2) is 6.33 Å². The van der Waals surface area contributed by atoms with Crippen LogP contribution in [0, 0.1) is 11.3 Å². The van der Waals surface area contributed by atoms with Gasteiger partial charge in [0.05, 0.1) is 6.10 Å². The molecular formula is C12H21N3O. The average molecular weight is 223 g/mol. The zero-order valence-electron chi connectivity index (χ0n) is 10.3. The molecule has 0 amide bonds. The number of rotatable bonds is 5. The van der Waals surface area contributed by atoms with Gasteiger partial charge < -0.3 is 5.11 Å². The van der Waals surface area contributed by atoms with Gasteiger partial charge in [-0.25, -0.2) is 4.98 Å². The quantitative estimate of drug-likeness (QED) is 0.825. The van der Waals surface area contributed by atoms with Gasteiger partial charge in [-0.1, -0.05) is 20.8 Å². The maximum Gasteiger partial charge on any atom is 0.138 e. The van der Waals surface area contributed by atoms with Gasteiger partial charge in [0.2, 0.25) is 0 Å². The van der Waals surface area contributed by atoms with E-state index < -0.39 is 0 Å². The minimum Gasteiger partial charge on any atom is -0.392 e. The van der Waals surface area contributed by atoms with E-state index in [0.29, 0.717) is 17.8 Å². The topological polar surface area (TPSA) is 50.9 Å². The second-order valence-electron chi connectivity index (χ2n) is 5.47. The number of aliphatic hydroxyl groups excluding tert-OH is 1. The molecule has 1 heterocycles. The summed E-state index contributed by atoms with van der Waals surface area (Å²) in [5, 5.41) is 14.3. The molecule has 2 unspecified atom stereocenters. The largest absolute Gasteiger partial charge is 0.392 e. The Morgan fingerprint density at radius 1 is 1.62 bits per heavy atom. The standard InChI is InChI=1S/C12H21N3O/c1-4-5-15-11(13-8-14-15)6-10(16)9-7-12(9,2)3/h8-10,16H,4-7H2,1-3H3. The van der Waals surface area contributed by atoms with Gasteiger partial charge in [-0.15, -0.1) is 0 Å². The summed E-state index contributed by atoms with van der Waals surface area (Å²) in [5.41, 5.74) is 0.315. The third-order valence-corrected chi connectivity index (χ3v) is 3.58. The average Bonchev–Trinajstić information content (AvgIpc) is 2.65. The van der Waals surface area contributed by atoms with Crippen molar-refractivity contribution in [2.24, 2.45) is 11.3 Å².